The first-order chi connectivity index (χ1) is 9.36. The van der Waals surface area contributed by atoms with Crippen LogP contribution in [0.2, 0.25) is 5.02 Å². The molecule has 0 aromatic carbocycles. The second kappa shape index (κ2) is 5.88. The molecule has 3 unspecified atom stereocenters. The number of halogens is 1. The van der Waals surface area contributed by atoms with Crippen molar-refractivity contribution in [3.8, 4) is 0 Å². The van der Waals surface area contributed by atoms with Gasteiger partial charge in [0.15, 0.2) is 0 Å². The summed E-state index contributed by atoms with van der Waals surface area (Å²) in [4.78, 5) is 6.41. The molecule has 1 heterocycles. The summed E-state index contributed by atoms with van der Waals surface area (Å²) in [5.41, 5.74) is 13.4. The predicted octanol–water partition coefficient (Wildman–Crippen LogP) is 2.83. The zero-order valence-corrected chi connectivity index (χ0v) is 13.3. The van der Waals surface area contributed by atoms with Gasteiger partial charge >= 0.3 is 0 Å². The van der Waals surface area contributed by atoms with E-state index in [1.807, 2.05) is 6.07 Å². The highest BCUT2D eigenvalue weighted by Gasteiger charge is 2.43. The average Bonchev–Trinajstić information content (AvgIpc) is 2.40. The zero-order chi connectivity index (χ0) is 14.9. The van der Waals surface area contributed by atoms with Crippen LogP contribution in [-0.4, -0.2) is 29.5 Å². The molecule has 4 nitrogen and oxygen atoms in total. The molecule has 1 fully saturated rings. The molecule has 4 N–H and O–H groups in total. The lowest BCUT2D eigenvalue weighted by molar-refractivity contribution is 0.0501. The van der Waals surface area contributed by atoms with Gasteiger partial charge in [0, 0.05) is 17.3 Å². The Labute approximate surface area is 126 Å². The molecule has 0 bridgehead atoms. The summed E-state index contributed by atoms with van der Waals surface area (Å²) in [5, 5.41) is 0.586. The van der Waals surface area contributed by atoms with Crippen LogP contribution < -0.4 is 11.5 Å². The number of likely N-dealkylation sites (N-methyl/N-ethyl adjacent to an activating group) is 1. The van der Waals surface area contributed by atoms with Crippen molar-refractivity contribution in [1.29, 1.82) is 0 Å². The van der Waals surface area contributed by atoms with Gasteiger partial charge in [0.05, 0.1) is 11.1 Å². The quantitative estimate of drug-likeness (QED) is 0.900. The van der Waals surface area contributed by atoms with Gasteiger partial charge in [0.1, 0.15) is 5.82 Å². The smallest absolute Gasteiger partial charge is 0.128 e. The van der Waals surface area contributed by atoms with E-state index in [1.165, 1.54) is 12.8 Å². The molecule has 112 valence electrons. The molecule has 1 saturated carbocycles. The highest BCUT2D eigenvalue weighted by molar-refractivity contribution is 6.30. The van der Waals surface area contributed by atoms with Gasteiger partial charge in [0.25, 0.3) is 0 Å². The number of hydrogen-bond acceptors (Lipinski definition) is 4. The Morgan fingerprint density at radius 1 is 1.50 bits per heavy atom. The van der Waals surface area contributed by atoms with E-state index >= 15 is 0 Å². The number of hydrogen-bond donors (Lipinski definition) is 2. The van der Waals surface area contributed by atoms with Gasteiger partial charge < -0.3 is 16.4 Å². The van der Waals surface area contributed by atoms with E-state index in [0.717, 1.165) is 18.4 Å². The Balaban J connectivity index is 2.41. The van der Waals surface area contributed by atoms with E-state index in [0.29, 0.717) is 16.8 Å². The molecule has 0 saturated heterocycles. The van der Waals surface area contributed by atoms with Crippen molar-refractivity contribution in [2.75, 3.05) is 19.8 Å². The van der Waals surface area contributed by atoms with Crippen LogP contribution in [0, 0.1) is 5.92 Å². The van der Waals surface area contributed by atoms with E-state index in [2.05, 4.69) is 30.9 Å². The summed E-state index contributed by atoms with van der Waals surface area (Å²) >= 11 is 6.07. The van der Waals surface area contributed by atoms with E-state index in [-0.39, 0.29) is 11.6 Å². The Bertz CT molecular complexity index is 477. The molecule has 2 rings (SSSR count). The number of nitrogens with two attached hydrogens (primary N) is 2. The number of nitrogen functional groups attached to an aromatic ring is 1. The fourth-order valence-electron chi connectivity index (χ4n) is 3.54. The highest BCUT2D eigenvalue weighted by atomic mass is 35.5. The van der Waals surface area contributed by atoms with Gasteiger partial charge in [-0.3, -0.25) is 0 Å². The number of anilines is 1. The van der Waals surface area contributed by atoms with E-state index in [1.54, 1.807) is 6.20 Å². The largest absolute Gasteiger partial charge is 0.383 e. The number of pyridine rings is 1. The van der Waals surface area contributed by atoms with Gasteiger partial charge in [-0.2, -0.15) is 0 Å². The molecule has 5 heteroatoms. The lowest BCUT2D eigenvalue weighted by Gasteiger charge is -2.49. The van der Waals surface area contributed by atoms with Crippen LogP contribution in [0.3, 0.4) is 0 Å². The first-order valence-corrected chi connectivity index (χ1v) is 7.58. The van der Waals surface area contributed by atoms with E-state index in [9.17, 15) is 0 Å². The van der Waals surface area contributed by atoms with Crippen LogP contribution >= 0.6 is 11.6 Å². The van der Waals surface area contributed by atoms with Gasteiger partial charge in [-0.05, 0) is 38.9 Å². The van der Waals surface area contributed by atoms with Crippen LogP contribution in [0.1, 0.15) is 44.2 Å². The molecule has 1 aliphatic carbocycles. The van der Waals surface area contributed by atoms with Crippen LogP contribution in [-0.2, 0) is 0 Å². The molecule has 1 aromatic rings. The van der Waals surface area contributed by atoms with Gasteiger partial charge in [-0.15, -0.1) is 0 Å². The second-order valence-electron chi connectivity index (χ2n) is 6.31. The molecule has 1 aromatic heterocycles. The van der Waals surface area contributed by atoms with Crippen molar-refractivity contribution in [2.24, 2.45) is 11.7 Å². The van der Waals surface area contributed by atoms with E-state index in [4.69, 9.17) is 23.1 Å². The molecule has 0 aliphatic heterocycles. The summed E-state index contributed by atoms with van der Waals surface area (Å²) < 4.78 is 0. The number of nitrogens with zero attached hydrogens (tertiary/aromatic N) is 2. The second-order valence-corrected chi connectivity index (χ2v) is 6.74. The maximum Gasteiger partial charge on any atom is 0.128 e. The average molecular weight is 297 g/mol. The van der Waals surface area contributed by atoms with Gasteiger partial charge in [-0.1, -0.05) is 31.4 Å². The Hall–Kier alpha value is -0.840. The van der Waals surface area contributed by atoms with Crippen molar-refractivity contribution in [1.82, 2.24) is 9.88 Å². The molecular weight excluding hydrogens is 272 g/mol. The summed E-state index contributed by atoms with van der Waals surface area (Å²) in [6.45, 7) is 2.30. The summed E-state index contributed by atoms with van der Waals surface area (Å²) in [7, 11) is 4.21. The maximum absolute atomic E-state index is 6.62. The Kier molecular flexibility index (Phi) is 4.57. The maximum atomic E-state index is 6.62. The van der Waals surface area contributed by atoms with E-state index < -0.39 is 0 Å². The minimum absolute atomic E-state index is 0.0713. The van der Waals surface area contributed by atoms with Crippen molar-refractivity contribution in [3.63, 3.8) is 0 Å². The van der Waals surface area contributed by atoms with Crippen molar-refractivity contribution >= 4 is 17.4 Å². The van der Waals surface area contributed by atoms with Gasteiger partial charge in [0.2, 0.25) is 0 Å². The fraction of sp³-hybridized carbons (Fsp3) is 0.667. The minimum atomic E-state index is -0.175. The molecule has 0 spiro atoms. The molecule has 20 heavy (non-hydrogen) atoms. The molecule has 3 atom stereocenters. The predicted molar refractivity (Wildman–Crippen MR) is 84.6 cm³/mol. The van der Waals surface area contributed by atoms with Crippen LogP contribution in [0.15, 0.2) is 12.3 Å². The van der Waals surface area contributed by atoms with Crippen LogP contribution in [0.25, 0.3) is 0 Å². The summed E-state index contributed by atoms with van der Waals surface area (Å²) in [6.07, 6.45) is 6.19. The van der Waals surface area contributed by atoms with Crippen LogP contribution in [0.4, 0.5) is 5.82 Å². The fourth-order valence-corrected chi connectivity index (χ4v) is 3.70. The normalized spacial score (nSPS) is 28.6. The standard InChI is InChI=1S/C15H25ClN4/c1-10-5-4-6-15(8-10,20(2)3)13(17)12-7-11(16)9-19-14(12)18/h7,9-10,13H,4-6,8,17H2,1-3H3,(H2,18,19). The topological polar surface area (TPSA) is 68.2 Å². The van der Waals surface area contributed by atoms with Gasteiger partial charge in [-0.25, -0.2) is 4.98 Å². The van der Waals surface area contributed by atoms with Crippen molar-refractivity contribution in [2.45, 2.75) is 44.2 Å². The Morgan fingerprint density at radius 2 is 2.20 bits per heavy atom. The molecular formula is C15H25ClN4. The monoisotopic (exact) mass is 296 g/mol. The SMILES string of the molecule is CC1CCCC(C(N)c2cc(Cl)cnc2N)(N(C)C)C1. The molecule has 0 radical (unpaired) electrons. The van der Waals surface area contributed by atoms with Crippen molar-refractivity contribution in [3.05, 3.63) is 22.8 Å². The first-order valence-electron chi connectivity index (χ1n) is 7.21. The number of aromatic nitrogens is 1. The third-order valence-corrected chi connectivity index (χ3v) is 4.94. The minimum Gasteiger partial charge on any atom is -0.383 e. The Morgan fingerprint density at radius 3 is 2.80 bits per heavy atom. The number of rotatable bonds is 3. The molecule has 1 aliphatic rings. The third kappa shape index (κ3) is 2.78. The lowest BCUT2D eigenvalue weighted by atomic mass is 9.70. The highest BCUT2D eigenvalue weighted by Crippen LogP contribution is 2.44. The van der Waals surface area contributed by atoms with Crippen molar-refractivity contribution < 1.29 is 0 Å². The summed E-state index contributed by atoms with van der Waals surface area (Å²) in [5.74, 6) is 1.16. The molecule has 0 amide bonds. The summed E-state index contributed by atoms with van der Waals surface area (Å²) in [6, 6.07) is 1.69. The first kappa shape index (κ1) is 15.5. The van der Waals surface area contributed by atoms with Crippen LogP contribution in [0.5, 0.6) is 0 Å². The lowest BCUT2D eigenvalue weighted by Crippen LogP contribution is -2.54. The zero-order valence-electron chi connectivity index (χ0n) is 12.6. The third-order valence-electron chi connectivity index (χ3n) is 4.73.